The lowest BCUT2D eigenvalue weighted by atomic mass is 9.99. The van der Waals surface area contributed by atoms with Crippen LogP contribution in [0.2, 0.25) is 0 Å². The molecule has 0 bridgehead atoms. The molecular formula is C19H31N3O2. The number of hydrogen-bond acceptors (Lipinski definition) is 3. The molecule has 2 rings (SSSR count). The molecule has 0 saturated carbocycles. The molecular weight excluding hydrogens is 302 g/mol. The third-order valence-corrected chi connectivity index (χ3v) is 4.75. The Labute approximate surface area is 145 Å². The van der Waals surface area contributed by atoms with Gasteiger partial charge >= 0.3 is 6.03 Å². The predicted octanol–water partition coefficient (Wildman–Crippen LogP) is 2.53. The molecule has 5 heteroatoms. The number of likely N-dealkylation sites (tertiary alicyclic amines) is 1. The molecule has 134 valence electrons. The molecule has 1 atom stereocenters. The molecule has 3 N–H and O–H groups in total. The summed E-state index contributed by atoms with van der Waals surface area (Å²) in [7, 11) is 0. The first kappa shape index (κ1) is 18.7. The normalized spacial score (nSPS) is 17.4. The summed E-state index contributed by atoms with van der Waals surface area (Å²) < 4.78 is 0. The van der Waals surface area contributed by atoms with Crippen LogP contribution >= 0.6 is 0 Å². The number of amides is 2. The van der Waals surface area contributed by atoms with Crippen LogP contribution in [0.25, 0.3) is 0 Å². The molecule has 1 aromatic rings. The van der Waals surface area contributed by atoms with Gasteiger partial charge in [0, 0.05) is 6.54 Å². The molecule has 0 spiro atoms. The van der Waals surface area contributed by atoms with E-state index in [1.165, 1.54) is 25.9 Å². The SMILES string of the molecule is CC1CCN(CCCCNC(=O)NC(CO)c2ccccc2)CC1. The van der Waals surface area contributed by atoms with Crippen LogP contribution in [0, 0.1) is 5.92 Å². The Morgan fingerprint density at radius 3 is 2.62 bits per heavy atom. The second-order valence-electron chi connectivity index (χ2n) is 6.78. The van der Waals surface area contributed by atoms with E-state index in [1.807, 2.05) is 30.3 Å². The van der Waals surface area contributed by atoms with Crippen LogP contribution in [0.1, 0.15) is 44.2 Å². The minimum atomic E-state index is -0.360. The monoisotopic (exact) mass is 333 g/mol. The Hall–Kier alpha value is -1.59. The molecule has 1 aliphatic rings. The van der Waals surface area contributed by atoms with E-state index in [-0.39, 0.29) is 18.7 Å². The lowest BCUT2D eigenvalue weighted by Crippen LogP contribution is -2.40. The van der Waals surface area contributed by atoms with Gasteiger partial charge < -0.3 is 20.6 Å². The maximum absolute atomic E-state index is 11.9. The van der Waals surface area contributed by atoms with Crippen molar-refractivity contribution in [2.75, 3.05) is 32.8 Å². The second-order valence-corrected chi connectivity index (χ2v) is 6.78. The Morgan fingerprint density at radius 2 is 1.96 bits per heavy atom. The predicted molar refractivity (Wildman–Crippen MR) is 96.9 cm³/mol. The average Bonchev–Trinajstić information content (AvgIpc) is 2.61. The summed E-state index contributed by atoms with van der Waals surface area (Å²) in [6.45, 7) is 6.44. The number of piperidine rings is 1. The van der Waals surface area contributed by atoms with Crippen molar-refractivity contribution in [2.24, 2.45) is 5.92 Å². The van der Waals surface area contributed by atoms with Gasteiger partial charge in [0.25, 0.3) is 0 Å². The van der Waals surface area contributed by atoms with Crippen molar-refractivity contribution in [1.82, 2.24) is 15.5 Å². The van der Waals surface area contributed by atoms with Crippen LogP contribution in [0.4, 0.5) is 4.79 Å². The first-order valence-electron chi connectivity index (χ1n) is 9.11. The van der Waals surface area contributed by atoms with E-state index >= 15 is 0 Å². The van der Waals surface area contributed by atoms with Crippen molar-refractivity contribution in [3.8, 4) is 0 Å². The van der Waals surface area contributed by atoms with Crippen LogP contribution in [0.15, 0.2) is 30.3 Å². The van der Waals surface area contributed by atoms with E-state index in [0.717, 1.165) is 30.9 Å². The molecule has 1 heterocycles. The minimum absolute atomic E-state index is 0.106. The van der Waals surface area contributed by atoms with Gasteiger partial charge in [-0.2, -0.15) is 0 Å². The Balaban J connectivity index is 1.57. The largest absolute Gasteiger partial charge is 0.394 e. The van der Waals surface area contributed by atoms with E-state index in [9.17, 15) is 9.90 Å². The van der Waals surface area contributed by atoms with Gasteiger partial charge in [0.05, 0.1) is 12.6 Å². The molecule has 2 amide bonds. The molecule has 5 nitrogen and oxygen atoms in total. The van der Waals surface area contributed by atoms with E-state index < -0.39 is 0 Å². The van der Waals surface area contributed by atoms with Crippen LogP contribution in [-0.4, -0.2) is 48.8 Å². The standard InChI is InChI=1S/C19H31N3O2/c1-16-9-13-22(14-10-16)12-6-5-11-20-19(24)21-18(15-23)17-7-3-2-4-8-17/h2-4,7-8,16,18,23H,5-6,9-15H2,1H3,(H2,20,21,24). The van der Waals surface area contributed by atoms with Crippen LogP contribution in [0.5, 0.6) is 0 Å². The number of hydrogen-bond donors (Lipinski definition) is 3. The van der Waals surface area contributed by atoms with Crippen molar-refractivity contribution in [1.29, 1.82) is 0 Å². The second kappa shape index (κ2) is 10.3. The summed E-state index contributed by atoms with van der Waals surface area (Å²) in [6, 6.07) is 8.95. The summed E-state index contributed by atoms with van der Waals surface area (Å²) in [5, 5.41) is 15.2. The van der Waals surface area contributed by atoms with Gasteiger partial charge in [0.1, 0.15) is 0 Å². The molecule has 0 aliphatic carbocycles. The molecule has 1 unspecified atom stereocenters. The minimum Gasteiger partial charge on any atom is -0.394 e. The number of rotatable bonds is 8. The Morgan fingerprint density at radius 1 is 1.25 bits per heavy atom. The smallest absolute Gasteiger partial charge is 0.315 e. The molecule has 0 radical (unpaired) electrons. The summed E-state index contributed by atoms with van der Waals surface area (Å²) >= 11 is 0. The molecule has 1 aliphatic heterocycles. The number of aliphatic hydroxyl groups is 1. The maximum atomic E-state index is 11.9. The van der Waals surface area contributed by atoms with Gasteiger partial charge in [-0.3, -0.25) is 0 Å². The number of urea groups is 1. The maximum Gasteiger partial charge on any atom is 0.315 e. The van der Waals surface area contributed by atoms with Gasteiger partial charge in [-0.15, -0.1) is 0 Å². The van der Waals surface area contributed by atoms with Gasteiger partial charge in [-0.05, 0) is 56.8 Å². The van der Waals surface area contributed by atoms with Crippen molar-refractivity contribution in [3.05, 3.63) is 35.9 Å². The van der Waals surface area contributed by atoms with E-state index in [0.29, 0.717) is 6.54 Å². The lowest BCUT2D eigenvalue weighted by molar-refractivity contribution is 0.189. The molecule has 1 saturated heterocycles. The summed E-state index contributed by atoms with van der Waals surface area (Å²) in [5.74, 6) is 0.871. The summed E-state index contributed by atoms with van der Waals surface area (Å²) in [4.78, 5) is 14.5. The molecule has 1 aromatic carbocycles. The number of aliphatic hydroxyl groups excluding tert-OH is 1. The highest BCUT2D eigenvalue weighted by Gasteiger charge is 2.15. The number of nitrogens with one attached hydrogen (secondary N) is 2. The zero-order chi connectivity index (χ0) is 17.2. The molecule has 1 fully saturated rings. The van der Waals surface area contributed by atoms with Gasteiger partial charge in [0.2, 0.25) is 0 Å². The van der Waals surface area contributed by atoms with Gasteiger partial charge in [-0.25, -0.2) is 4.79 Å². The summed E-state index contributed by atoms with van der Waals surface area (Å²) in [5.41, 5.74) is 0.912. The zero-order valence-corrected chi connectivity index (χ0v) is 14.7. The molecule has 0 aromatic heterocycles. The number of carbonyl (C=O) groups is 1. The quantitative estimate of drug-likeness (QED) is 0.641. The fourth-order valence-electron chi connectivity index (χ4n) is 3.08. The van der Waals surface area contributed by atoms with Crippen LogP contribution in [-0.2, 0) is 0 Å². The fraction of sp³-hybridized carbons (Fsp3) is 0.632. The number of carbonyl (C=O) groups excluding carboxylic acids is 1. The van der Waals surface area contributed by atoms with Crippen molar-refractivity contribution >= 4 is 6.03 Å². The number of unbranched alkanes of at least 4 members (excludes halogenated alkanes) is 1. The topological polar surface area (TPSA) is 64.6 Å². The number of benzene rings is 1. The lowest BCUT2D eigenvalue weighted by Gasteiger charge is -2.30. The Bertz CT molecular complexity index is 473. The van der Waals surface area contributed by atoms with Crippen molar-refractivity contribution in [3.63, 3.8) is 0 Å². The highest BCUT2D eigenvalue weighted by Crippen LogP contribution is 2.16. The van der Waals surface area contributed by atoms with Crippen molar-refractivity contribution < 1.29 is 9.90 Å². The number of nitrogens with zero attached hydrogens (tertiary/aromatic N) is 1. The summed E-state index contributed by atoms with van der Waals surface area (Å²) in [6.07, 6.45) is 4.71. The van der Waals surface area contributed by atoms with Crippen LogP contribution in [0.3, 0.4) is 0 Å². The van der Waals surface area contributed by atoms with E-state index in [1.54, 1.807) is 0 Å². The van der Waals surface area contributed by atoms with Crippen LogP contribution < -0.4 is 10.6 Å². The average molecular weight is 333 g/mol. The van der Waals surface area contributed by atoms with Gasteiger partial charge in [-0.1, -0.05) is 37.3 Å². The van der Waals surface area contributed by atoms with E-state index in [2.05, 4.69) is 22.5 Å². The Kier molecular flexibility index (Phi) is 8.05. The fourth-order valence-corrected chi connectivity index (χ4v) is 3.08. The first-order chi connectivity index (χ1) is 11.7. The van der Waals surface area contributed by atoms with Gasteiger partial charge in [0.15, 0.2) is 0 Å². The highest BCUT2D eigenvalue weighted by atomic mass is 16.3. The first-order valence-corrected chi connectivity index (χ1v) is 9.11. The third kappa shape index (κ3) is 6.49. The zero-order valence-electron chi connectivity index (χ0n) is 14.7. The highest BCUT2D eigenvalue weighted by molar-refractivity contribution is 5.74. The van der Waals surface area contributed by atoms with E-state index in [4.69, 9.17) is 0 Å². The third-order valence-electron chi connectivity index (χ3n) is 4.75. The molecule has 24 heavy (non-hydrogen) atoms. The van der Waals surface area contributed by atoms with Crippen molar-refractivity contribution in [2.45, 2.75) is 38.6 Å².